The predicted octanol–water partition coefficient (Wildman–Crippen LogP) is 3.26. The van der Waals surface area contributed by atoms with Crippen molar-refractivity contribution in [3.05, 3.63) is 34.2 Å². The lowest BCUT2D eigenvalue weighted by Gasteiger charge is -2.43. The van der Waals surface area contributed by atoms with E-state index < -0.39 is 0 Å². The lowest BCUT2D eigenvalue weighted by atomic mass is 9.83. The molecule has 5 rings (SSSR count). The van der Waals surface area contributed by atoms with E-state index in [0.717, 1.165) is 82.5 Å². The molecule has 0 aliphatic carbocycles. The van der Waals surface area contributed by atoms with Gasteiger partial charge in [-0.25, -0.2) is 0 Å². The Morgan fingerprint density at radius 1 is 1.00 bits per heavy atom. The maximum atomic E-state index is 12.4. The third-order valence-corrected chi connectivity index (χ3v) is 7.75. The number of hydrogen-bond donors (Lipinski definition) is 1. The number of aromatic nitrogens is 4. The highest BCUT2D eigenvalue weighted by atomic mass is 16.5. The van der Waals surface area contributed by atoms with Gasteiger partial charge in [0.05, 0.1) is 6.10 Å². The summed E-state index contributed by atoms with van der Waals surface area (Å²) in [5.41, 5.74) is 1.26. The number of rotatable bonds is 9. The molecule has 2 unspecified atom stereocenters. The van der Waals surface area contributed by atoms with Gasteiger partial charge in [-0.3, -0.25) is 4.79 Å². The van der Waals surface area contributed by atoms with E-state index in [4.69, 9.17) is 19.7 Å². The summed E-state index contributed by atoms with van der Waals surface area (Å²) >= 11 is 0. The number of hydrogen-bond acceptors (Lipinski definition) is 8. The molecule has 5 heterocycles. The van der Waals surface area contributed by atoms with Crippen molar-refractivity contribution in [3.8, 4) is 0 Å². The number of nitrogens with zero attached hydrogens (tertiary/aromatic N) is 6. The largest absolute Gasteiger partial charge is 0.381 e. The highest BCUT2D eigenvalue weighted by molar-refractivity contribution is 5.46. The van der Waals surface area contributed by atoms with Crippen LogP contribution in [-0.4, -0.2) is 65.5 Å². The van der Waals surface area contributed by atoms with Crippen LogP contribution in [0, 0.1) is 5.92 Å². The molecule has 2 saturated heterocycles. The molecule has 0 amide bonds. The van der Waals surface area contributed by atoms with E-state index in [2.05, 4.69) is 28.1 Å². The third kappa shape index (κ3) is 5.44. The number of fused-ring (bicyclic) bond motifs is 4. The first-order valence-electron chi connectivity index (χ1n) is 13.4. The molecule has 9 heteroatoms. The minimum absolute atomic E-state index is 0.113. The lowest BCUT2D eigenvalue weighted by molar-refractivity contribution is 0.0816. The van der Waals surface area contributed by atoms with Crippen molar-refractivity contribution < 1.29 is 4.74 Å². The quantitative estimate of drug-likeness (QED) is 0.546. The summed E-state index contributed by atoms with van der Waals surface area (Å²) in [4.78, 5) is 31.7. The number of anilines is 3. The number of pyridine rings is 1. The van der Waals surface area contributed by atoms with Gasteiger partial charge < -0.3 is 24.4 Å². The second kappa shape index (κ2) is 10.9. The fourth-order valence-corrected chi connectivity index (χ4v) is 5.82. The van der Waals surface area contributed by atoms with E-state index in [1.54, 1.807) is 13.2 Å². The molecule has 0 saturated carbocycles. The third-order valence-electron chi connectivity index (χ3n) is 7.75. The first-order valence-corrected chi connectivity index (χ1v) is 13.4. The molecule has 2 atom stereocenters. The van der Waals surface area contributed by atoms with Gasteiger partial charge in [0.15, 0.2) is 0 Å². The van der Waals surface area contributed by atoms with Crippen LogP contribution in [0.15, 0.2) is 23.0 Å². The summed E-state index contributed by atoms with van der Waals surface area (Å²) in [7, 11) is 1.79. The van der Waals surface area contributed by atoms with Gasteiger partial charge in [0, 0.05) is 64.1 Å². The normalized spacial score (nSPS) is 22.2. The molecule has 0 spiro atoms. The highest BCUT2D eigenvalue weighted by Crippen LogP contribution is 2.36. The molecule has 2 aromatic rings. The van der Waals surface area contributed by atoms with Crippen LogP contribution in [0.3, 0.4) is 0 Å². The SMILES string of the molecule is CCCCCCNc1nc(N2CCC(OC)CC2)nc(N2CC3CC(C2)c2cccc(=O)n2C3)n1. The van der Waals surface area contributed by atoms with Crippen LogP contribution < -0.4 is 20.7 Å². The summed E-state index contributed by atoms with van der Waals surface area (Å²) in [5, 5.41) is 3.47. The molecule has 3 aliphatic rings. The van der Waals surface area contributed by atoms with Crippen molar-refractivity contribution in [2.75, 3.05) is 55.0 Å². The molecule has 9 nitrogen and oxygen atoms in total. The summed E-state index contributed by atoms with van der Waals surface area (Å²) in [6.07, 6.45) is 8.21. The van der Waals surface area contributed by atoms with Crippen molar-refractivity contribution in [1.29, 1.82) is 0 Å². The van der Waals surface area contributed by atoms with Crippen molar-refractivity contribution in [3.63, 3.8) is 0 Å². The summed E-state index contributed by atoms with van der Waals surface area (Å²) in [6.45, 7) is 7.34. The van der Waals surface area contributed by atoms with Gasteiger partial charge in [-0.2, -0.15) is 15.0 Å². The fraction of sp³-hybridized carbons (Fsp3) is 0.692. The van der Waals surface area contributed by atoms with Gasteiger partial charge in [-0.15, -0.1) is 0 Å². The van der Waals surface area contributed by atoms with Crippen LogP contribution >= 0.6 is 0 Å². The zero-order valence-electron chi connectivity index (χ0n) is 21.2. The average molecular weight is 482 g/mol. The van der Waals surface area contributed by atoms with Crippen molar-refractivity contribution in [1.82, 2.24) is 19.5 Å². The van der Waals surface area contributed by atoms with Crippen LogP contribution in [0.4, 0.5) is 17.8 Å². The first kappa shape index (κ1) is 24.0. The Labute approximate surface area is 207 Å². The number of piperidine rings is 2. The van der Waals surface area contributed by atoms with Crippen molar-refractivity contribution in [2.24, 2.45) is 5.92 Å². The maximum absolute atomic E-state index is 12.4. The van der Waals surface area contributed by atoms with E-state index in [0.29, 0.717) is 23.9 Å². The summed E-state index contributed by atoms with van der Waals surface area (Å²) < 4.78 is 7.53. The molecule has 2 aromatic heterocycles. The minimum atomic E-state index is 0.113. The molecule has 0 radical (unpaired) electrons. The predicted molar refractivity (Wildman–Crippen MR) is 138 cm³/mol. The van der Waals surface area contributed by atoms with E-state index in [9.17, 15) is 4.79 Å². The number of methoxy groups -OCH3 is 1. The van der Waals surface area contributed by atoms with Crippen molar-refractivity contribution in [2.45, 2.75) is 70.4 Å². The molecule has 2 bridgehead atoms. The van der Waals surface area contributed by atoms with Crippen LogP contribution in [-0.2, 0) is 11.3 Å². The standard InChI is InChI=1S/C26H39N7O2/c1-3-4-5-6-12-27-24-28-25(31-13-10-21(35-2)11-14-31)30-26(29-24)32-16-19-15-20(18-32)22-8-7-9-23(34)33(22)17-19/h7-9,19-21H,3-6,10-18H2,1-2H3,(H,27,28,29,30). The fourth-order valence-electron chi connectivity index (χ4n) is 5.82. The van der Waals surface area contributed by atoms with Crippen LogP contribution in [0.25, 0.3) is 0 Å². The number of ether oxygens (including phenoxy) is 1. The van der Waals surface area contributed by atoms with Gasteiger partial charge in [0.1, 0.15) is 0 Å². The smallest absolute Gasteiger partial charge is 0.250 e. The van der Waals surface area contributed by atoms with Gasteiger partial charge in [-0.05, 0) is 37.7 Å². The van der Waals surface area contributed by atoms with Crippen LogP contribution in [0.5, 0.6) is 0 Å². The Morgan fingerprint density at radius 2 is 1.80 bits per heavy atom. The Morgan fingerprint density at radius 3 is 2.57 bits per heavy atom. The topological polar surface area (TPSA) is 88.4 Å². The maximum Gasteiger partial charge on any atom is 0.250 e. The highest BCUT2D eigenvalue weighted by Gasteiger charge is 2.36. The molecule has 2 fully saturated rings. The second-order valence-electron chi connectivity index (χ2n) is 10.3. The molecular formula is C26H39N7O2. The zero-order chi connectivity index (χ0) is 24.2. The van der Waals surface area contributed by atoms with Gasteiger partial charge in [-0.1, -0.05) is 32.3 Å². The van der Waals surface area contributed by atoms with E-state index in [1.165, 1.54) is 19.3 Å². The van der Waals surface area contributed by atoms with E-state index >= 15 is 0 Å². The minimum Gasteiger partial charge on any atom is -0.381 e. The molecular weight excluding hydrogens is 442 g/mol. The zero-order valence-corrected chi connectivity index (χ0v) is 21.2. The van der Waals surface area contributed by atoms with E-state index in [-0.39, 0.29) is 5.56 Å². The number of nitrogens with one attached hydrogen (secondary N) is 1. The lowest BCUT2D eigenvalue weighted by Crippen LogP contribution is -2.48. The Hall–Kier alpha value is -2.68. The van der Waals surface area contributed by atoms with Gasteiger partial charge in [0.25, 0.3) is 5.56 Å². The molecule has 190 valence electrons. The monoisotopic (exact) mass is 481 g/mol. The summed E-state index contributed by atoms with van der Waals surface area (Å²) in [5.74, 6) is 2.92. The molecule has 35 heavy (non-hydrogen) atoms. The Bertz CT molecular complexity index is 1050. The van der Waals surface area contributed by atoms with Crippen LogP contribution in [0.1, 0.15) is 63.5 Å². The van der Waals surface area contributed by atoms with Crippen molar-refractivity contribution >= 4 is 17.8 Å². The van der Waals surface area contributed by atoms with Crippen LogP contribution in [0.2, 0.25) is 0 Å². The Balaban J connectivity index is 1.37. The first-order chi connectivity index (χ1) is 17.1. The second-order valence-corrected chi connectivity index (χ2v) is 10.3. The molecule has 3 aliphatic heterocycles. The Kier molecular flexibility index (Phi) is 7.51. The van der Waals surface area contributed by atoms with Gasteiger partial charge >= 0.3 is 0 Å². The number of unbranched alkanes of at least 4 members (excludes halogenated alkanes) is 3. The van der Waals surface area contributed by atoms with E-state index in [1.807, 2.05) is 10.6 Å². The molecule has 0 aromatic carbocycles. The average Bonchev–Trinajstić information content (AvgIpc) is 2.89. The molecule has 1 N–H and O–H groups in total. The van der Waals surface area contributed by atoms with Gasteiger partial charge in [0.2, 0.25) is 17.8 Å². The summed E-state index contributed by atoms with van der Waals surface area (Å²) in [6, 6.07) is 5.67.